The van der Waals surface area contributed by atoms with Crippen LogP contribution in [0.2, 0.25) is 5.02 Å². The zero-order valence-corrected chi connectivity index (χ0v) is 16.4. The van der Waals surface area contributed by atoms with Gasteiger partial charge in [-0.3, -0.25) is 0 Å². The van der Waals surface area contributed by atoms with Crippen molar-refractivity contribution in [3.63, 3.8) is 0 Å². The molecule has 4 rings (SSSR count). The van der Waals surface area contributed by atoms with Crippen LogP contribution >= 0.6 is 34.7 Å². The second-order valence-electron chi connectivity index (χ2n) is 6.29. The van der Waals surface area contributed by atoms with Gasteiger partial charge in [-0.2, -0.15) is 0 Å². The summed E-state index contributed by atoms with van der Waals surface area (Å²) in [7, 11) is 2.08. The van der Waals surface area contributed by atoms with Crippen LogP contribution in [-0.4, -0.2) is 19.7 Å². The minimum absolute atomic E-state index is 0.581. The quantitative estimate of drug-likeness (QED) is 0.536. The van der Waals surface area contributed by atoms with Crippen LogP contribution in [0, 0.1) is 0 Å². The number of rotatable bonds is 5. The first kappa shape index (κ1) is 17.1. The van der Waals surface area contributed by atoms with E-state index >= 15 is 0 Å². The molecule has 130 valence electrons. The summed E-state index contributed by atoms with van der Waals surface area (Å²) in [5.74, 6) is 2.51. The molecule has 0 unspecified atom stereocenters. The molecule has 0 amide bonds. The summed E-state index contributed by atoms with van der Waals surface area (Å²) >= 11 is 9.59. The zero-order valence-electron chi connectivity index (χ0n) is 14.0. The van der Waals surface area contributed by atoms with Crippen LogP contribution in [0.3, 0.4) is 0 Å². The molecule has 0 aliphatic heterocycles. The Bertz CT molecular complexity index is 868. The maximum Gasteiger partial charge on any atom is 0.191 e. The van der Waals surface area contributed by atoms with Crippen molar-refractivity contribution in [1.82, 2.24) is 19.7 Å². The maximum atomic E-state index is 6.27. The molecule has 1 aliphatic rings. The fourth-order valence-corrected chi connectivity index (χ4v) is 5.32. The third-order valence-corrected chi connectivity index (χ3v) is 6.90. The SMILES string of the molecule is Cn1c(SCc2csc(-c3ccccc3Cl)n2)nnc1C1CCCC1. The van der Waals surface area contributed by atoms with E-state index in [1.54, 1.807) is 23.1 Å². The monoisotopic (exact) mass is 390 g/mol. The Morgan fingerprint density at radius 3 is 2.84 bits per heavy atom. The molecule has 1 aromatic carbocycles. The van der Waals surface area contributed by atoms with Gasteiger partial charge in [0.05, 0.1) is 10.7 Å². The molecule has 25 heavy (non-hydrogen) atoms. The molecule has 4 nitrogen and oxygen atoms in total. The summed E-state index contributed by atoms with van der Waals surface area (Å²) in [6, 6.07) is 7.83. The molecule has 0 atom stereocenters. The highest BCUT2D eigenvalue weighted by Gasteiger charge is 2.23. The Balaban J connectivity index is 1.45. The van der Waals surface area contributed by atoms with Crippen LogP contribution in [0.1, 0.15) is 43.1 Å². The minimum Gasteiger partial charge on any atom is -0.309 e. The van der Waals surface area contributed by atoms with Crippen LogP contribution < -0.4 is 0 Å². The lowest BCUT2D eigenvalue weighted by Crippen LogP contribution is -2.03. The van der Waals surface area contributed by atoms with E-state index in [1.807, 2.05) is 24.3 Å². The van der Waals surface area contributed by atoms with E-state index in [1.165, 1.54) is 25.7 Å². The molecule has 2 aromatic heterocycles. The summed E-state index contributed by atoms with van der Waals surface area (Å²) < 4.78 is 2.15. The fraction of sp³-hybridized carbons (Fsp3) is 0.389. The van der Waals surface area contributed by atoms with Gasteiger partial charge in [-0.25, -0.2) is 4.98 Å². The van der Waals surface area contributed by atoms with Gasteiger partial charge < -0.3 is 4.57 Å². The topological polar surface area (TPSA) is 43.6 Å². The van der Waals surface area contributed by atoms with Gasteiger partial charge in [0, 0.05) is 29.7 Å². The molecule has 0 bridgehead atoms. The average molecular weight is 391 g/mol. The van der Waals surface area contributed by atoms with E-state index in [4.69, 9.17) is 16.6 Å². The molecule has 1 saturated carbocycles. The standard InChI is InChI=1S/C18H19ClN4S2/c1-23-16(12-6-2-3-7-12)21-22-18(23)25-11-13-10-24-17(20-13)14-8-4-5-9-15(14)19/h4-5,8-10,12H,2-3,6-7,11H2,1H3. The van der Waals surface area contributed by atoms with E-state index in [9.17, 15) is 0 Å². The lowest BCUT2D eigenvalue weighted by molar-refractivity contribution is 0.616. The van der Waals surface area contributed by atoms with Crippen molar-refractivity contribution in [2.45, 2.75) is 42.5 Å². The van der Waals surface area contributed by atoms with Crippen LogP contribution in [0.15, 0.2) is 34.8 Å². The number of aromatic nitrogens is 4. The van der Waals surface area contributed by atoms with Crippen LogP contribution in [0.4, 0.5) is 0 Å². The fourth-order valence-electron chi connectivity index (χ4n) is 3.26. The van der Waals surface area contributed by atoms with Gasteiger partial charge in [-0.05, 0) is 18.9 Å². The molecule has 1 aliphatic carbocycles. The van der Waals surface area contributed by atoms with Crippen molar-refractivity contribution < 1.29 is 0 Å². The second-order valence-corrected chi connectivity index (χ2v) is 8.50. The maximum absolute atomic E-state index is 6.27. The molecule has 1 fully saturated rings. The number of thioether (sulfide) groups is 1. The van der Waals surface area contributed by atoms with E-state index in [2.05, 4.69) is 27.2 Å². The predicted molar refractivity (Wildman–Crippen MR) is 104 cm³/mol. The molecule has 0 radical (unpaired) electrons. The van der Waals surface area contributed by atoms with Crippen molar-refractivity contribution in [3.05, 3.63) is 46.2 Å². The number of nitrogens with zero attached hydrogens (tertiary/aromatic N) is 4. The lowest BCUT2D eigenvalue weighted by Gasteiger charge is -2.08. The number of thiazole rings is 1. The Hall–Kier alpha value is -1.37. The first-order chi connectivity index (χ1) is 12.2. The van der Waals surface area contributed by atoms with Gasteiger partial charge in [0.1, 0.15) is 10.8 Å². The van der Waals surface area contributed by atoms with Gasteiger partial charge in [0.15, 0.2) is 5.16 Å². The molecule has 7 heteroatoms. The number of halogens is 1. The normalized spacial score (nSPS) is 15.1. The Morgan fingerprint density at radius 2 is 2.04 bits per heavy atom. The molecule has 3 aromatic rings. The summed E-state index contributed by atoms with van der Waals surface area (Å²) in [6.07, 6.45) is 5.10. The van der Waals surface area contributed by atoms with Crippen molar-refractivity contribution in [3.8, 4) is 10.6 Å². The minimum atomic E-state index is 0.581. The van der Waals surface area contributed by atoms with Gasteiger partial charge in [-0.1, -0.05) is 54.4 Å². The summed E-state index contributed by atoms with van der Waals surface area (Å²) in [5, 5.41) is 13.6. The third-order valence-electron chi connectivity index (χ3n) is 4.59. The first-order valence-electron chi connectivity index (χ1n) is 8.44. The highest BCUT2D eigenvalue weighted by Crippen LogP contribution is 2.35. The lowest BCUT2D eigenvalue weighted by atomic mass is 10.1. The summed E-state index contributed by atoms with van der Waals surface area (Å²) in [4.78, 5) is 4.73. The zero-order chi connectivity index (χ0) is 17.2. The van der Waals surface area contributed by atoms with E-state index in [0.29, 0.717) is 5.92 Å². The predicted octanol–water partition coefficient (Wildman–Crippen LogP) is 5.54. The van der Waals surface area contributed by atoms with Crippen molar-refractivity contribution in [2.75, 3.05) is 0 Å². The molecule has 0 saturated heterocycles. The number of hydrogen-bond donors (Lipinski definition) is 0. The molecule has 0 N–H and O–H groups in total. The molecular formula is C18H19ClN4S2. The van der Waals surface area contributed by atoms with E-state index in [-0.39, 0.29) is 0 Å². The van der Waals surface area contributed by atoms with Crippen LogP contribution in [0.5, 0.6) is 0 Å². The van der Waals surface area contributed by atoms with Gasteiger partial charge in [0.25, 0.3) is 0 Å². The highest BCUT2D eigenvalue weighted by atomic mass is 35.5. The van der Waals surface area contributed by atoms with Gasteiger partial charge in [-0.15, -0.1) is 21.5 Å². The molecular weight excluding hydrogens is 372 g/mol. The Labute approximate surface area is 160 Å². The first-order valence-corrected chi connectivity index (χ1v) is 10.7. The third kappa shape index (κ3) is 3.61. The molecule has 0 spiro atoms. The number of benzene rings is 1. The van der Waals surface area contributed by atoms with Crippen molar-refractivity contribution in [2.24, 2.45) is 7.05 Å². The van der Waals surface area contributed by atoms with E-state index < -0.39 is 0 Å². The van der Waals surface area contributed by atoms with Gasteiger partial charge >= 0.3 is 0 Å². The molecule has 2 heterocycles. The number of hydrogen-bond acceptors (Lipinski definition) is 5. The average Bonchev–Trinajstić information content (AvgIpc) is 3.34. The largest absolute Gasteiger partial charge is 0.309 e. The summed E-state index contributed by atoms with van der Waals surface area (Å²) in [5.41, 5.74) is 2.04. The van der Waals surface area contributed by atoms with E-state index in [0.717, 1.165) is 38.0 Å². The van der Waals surface area contributed by atoms with Crippen molar-refractivity contribution >= 4 is 34.7 Å². The Morgan fingerprint density at radius 1 is 1.24 bits per heavy atom. The Kier molecular flexibility index (Phi) is 5.10. The highest BCUT2D eigenvalue weighted by molar-refractivity contribution is 7.98. The summed E-state index contributed by atoms with van der Waals surface area (Å²) in [6.45, 7) is 0. The van der Waals surface area contributed by atoms with Gasteiger partial charge in [0.2, 0.25) is 0 Å². The van der Waals surface area contributed by atoms with Crippen LogP contribution in [0.25, 0.3) is 10.6 Å². The van der Waals surface area contributed by atoms with Crippen molar-refractivity contribution in [1.29, 1.82) is 0 Å². The van der Waals surface area contributed by atoms with Crippen LogP contribution in [-0.2, 0) is 12.8 Å². The second kappa shape index (κ2) is 7.48. The smallest absolute Gasteiger partial charge is 0.191 e.